The molecule has 3 rings (SSSR count). The highest BCUT2D eigenvalue weighted by molar-refractivity contribution is 7.09. The van der Waals surface area contributed by atoms with Crippen molar-refractivity contribution in [3.8, 4) is 11.5 Å². The number of aromatic hydroxyl groups is 1. The number of nitrogens with two attached hydrogens (primary N) is 2. The van der Waals surface area contributed by atoms with Crippen molar-refractivity contribution in [1.82, 2.24) is 9.69 Å². The predicted octanol–water partition coefficient (Wildman–Crippen LogP) is 2.84. The summed E-state index contributed by atoms with van der Waals surface area (Å²) in [5.74, 6) is -1.55. The largest absolute Gasteiger partial charge is 0.508 e. The van der Waals surface area contributed by atoms with E-state index in [0.717, 1.165) is 0 Å². The maximum Gasteiger partial charge on any atom is 0.273 e. The number of nitrogens with one attached hydrogen (secondary N) is 1. The van der Waals surface area contributed by atoms with Gasteiger partial charge in [-0.2, -0.15) is 4.37 Å². The average molecular weight is 498 g/mol. The van der Waals surface area contributed by atoms with Crippen molar-refractivity contribution >= 4 is 40.6 Å². The van der Waals surface area contributed by atoms with E-state index in [0.29, 0.717) is 28.5 Å². The Morgan fingerprint density at radius 3 is 2.34 bits per heavy atom. The zero-order valence-electron chi connectivity index (χ0n) is 19.7. The van der Waals surface area contributed by atoms with E-state index in [4.69, 9.17) is 16.2 Å². The molecule has 1 unspecified atom stereocenters. The smallest absolute Gasteiger partial charge is 0.273 e. The molecule has 0 aliphatic rings. The van der Waals surface area contributed by atoms with Crippen LogP contribution in [0, 0.1) is 0 Å². The molecule has 0 spiro atoms. The molecule has 35 heavy (non-hydrogen) atoms. The number of anilines is 2. The number of hydrogen-bond donors (Lipinski definition) is 4. The Bertz CT molecular complexity index is 1250. The van der Waals surface area contributed by atoms with Crippen LogP contribution in [0.15, 0.2) is 48.5 Å². The number of nitrogens with zero attached hydrogens (tertiary/aromatic N) is 2. The highest BCUT2D eigenvalue weighted by Gasteiger charge is 2.37. The van der Waals surface area contributed by atoms with Crippen LogP contribution >= 0.6 is 11.5 Å². The number of nitrogen functional groups attached to an aromatic ring is 1. The summed E-state index contributed by atoms with van der Waals surface area (Å²) in [6, 6.07) is 11.4. The third-order valence-electron chi connectivity index (χ3n) is 4.92. The maximum absolute atomic E-state index is 13.9. The molecule has 0 saturated carbocycles. The predicted molar refractivity (Wildman–Crippen MR) is 134 cm³/mol. The minimum absolute atomic E-state index is 0.000729. The van der Waals surface area contributed by atoms with Gasteiger partial charge in [-0.15, -0.1) is 0 Å². The van der Waals surface area contributed by atoms with Gasteiger partial charge < -0.3 is 26.6 Å². The van der Waals surface area contributed by atoms with E-state index in [-0.39, 0.29) is 22.0 Å². The van der Waals surface area contributed by atoms with Crippen LogP contribution in [-0.4, -0.2) is 39.9 Å². The Morgan fingerprint density at radius 1 is 1.14 bits per heavy atom. The van der Waals surface area contributed by atoms with Gasteiger partial charge in [-0.05, 0) is 62.1 Å². The van der Waals surface area contributed by atoms with Crippen molar-refractivity contribution in [1.29, 1.82) is 0 Å². The molecule has 0 fully saturated rings. The summed E-state index contributed by atoms with van der Waals surface area (Å²) >= 11 is 0.715. The molecule has 1 heterocycles. The number of rotatable bonds is 7. The van der Waals surface area contributed by atoms with E-state index < -0.39 is 29.3 Å². The second-order valence-electron chi connectivity index (χ2n) is 8.75. The number of primary amides is 1. The van der Waals surface area contributed by atoms with Crippen molar-refractivity contribution in [2.75, 3.05) is 17.7 Å². The first-order valence-corrected chi connectivity index (χ1v) is 11.3. The number of amides is 3. The normalized spacial score (nSPS) is 12.0. The molecule has 2 aromatic carbocycles. The highest BCUT2D eigenvalue weighted by atomic mass is 32.1. The molecule has 0 radical (unpaired) electrons. The number of ether oxygens (including phenoxy) is 1. The van der Waals surface area contributed by atoms with E-state index in [1.54, 1.807) is 36.4 Å². The number of aromatic nitrogens is 1. The van der Waals surface area contributed by atoms with Crippen LogP contribution in [0.1, 0.15) is 52.5 Å². The van der Waals surface area contributed by atoms with Gasteiger partial charge in [0.15, 0.2) is 5.69 Å². The van der Waals surface area contributed by atoms with Crippen LogP contribution in [0.4, 0.5) is 11.4 Å². The Labute approximate surface area is 206 Å². The van der Waals surface area contributed by atoms with Crippen LogP contribution in [0.5, 0.6) is 11.5 Å². The SMILES string of the molecule is COc1cccc(N(C(=O)c2snc(C(N)=O)c2N)C(C(=O)NC(C)(C)C)c2ccc(O)cc2)c1. The molecule has 0 saturated heterocycles. The van der Waals surface area contributed by atoms with Crippen molar-refractivity contribution in [3.05, 3.63) is 64.7 Å². The fraction of sp³-hybridized carbons (Fsp3) is 0.250. The first-order valence-electron chi connectivity index (χ1n) is 10.6. The zero-order chi connectivity index (χ0) is 25.9. The molecule has 1 atom stereocenters. The Kier molecular flexibility index (Phi) is 7.30. The Hall–Kier alpha value is -4.12. The number of hydrogen-bond acceptors (Lipinski definition) is 8. The summed E-state index contributed by atoms with van der Waals surface area (Å²) in [7, 11) is 1.48. The Balaban J connectivity index is 2.25. The van der Waals surface area contributed by atoms with Crippen molar-refractivity contribution in [3.63, 3.8) is 0 Å². The molecule has 0 bridgehead atoms. The second-order valence-corrected chi connectivity index (χ2v) is 9.52. The second kappa shape index (κ2) is 10.0. The number of carbonyl (C=O) groups is 3. The van der Waals surface area contributed by atoms with Gasteiger partial charge in [0.25, 0.3) is 11.8 Å². The van der Waals surface area contributed by atoms with Crippen LogP contribution in [0.25, 0.3) is 0 Å². The standard InChI is InChI=1S/C24H27N5O5S/c1-24(2,3)27-22(32)19(13-8-10-15(30)11-9-13)29(14-6-5-7-16(12-14)34-4)23(33)20-17(25)18(21(26)31)28-35-20/h5-12,19,30H,25H2,1-4H3,(H2,26,31)(H,27,32). The summed E-state index contributed by atoms with van der Waals surface area (Å²) in [5, 5.41) is 12.7. The van der Waals surface area contributed by atoms with Gasteiger partial charge >= 0.3 is 0 Å². The highest BCUT2D eigenvalue weighted by Crippen LogP contribution is 2.35. The van der Waals surface area contributed by atoms with Gasteiger partial charge in [-0.3, -0.25) is 19.3 Å². The van der Waals surface area contributed by atoms with Gasteiger partial charge in [0.2, 0.25) is 5.91 Å². The lowest BCUT2D eigenvalue weighted by molar-refractivity contribution is -0.123. The summed E-state index contributed by atoms with van der Waals surface area (Å²) in [5.41, 5.74) is 11.2. The van der Waals surface area contributed by atoms with E-state index in [1.165, 1.54) is 24.1 Å². The molecule has 3 amide bonds. The van der Waals surface area contributed by atoms with Crippen LogP contribution in [0.3, 0.4) is 0 Å². The summed E-state index contributed by atoms with van der Waals surface area (Å²) in [6.07, 6.45) is 0. The number of carbonyl (C=O) groups excluding carboxylic acids is 3. The molecular weight excluding hydrogens is 470 g/mol. The summed E-state index contributed by atoms with van der Waals surface area (Å²) in [4.78, 5) is 40.5. The van der Waals surface area contributed by atoms with Gasteiger partial charge in [0, 0.05) is 17.3 Å². The average Bonchev–Trinajstić information content (AvgIpc) is 3.18. The van der Waals surface area contributed by atoms with Crippen LogP contribution < -0.4 is 26.4 Å². The van der Waals surface area contributed by atoms with Crippen molar-refractivity contribution < 1.29 is 24.2 Å². The Morgan fingerprint density at radius 2 is 1.80 bits per heavy atom. The zero-order valence-corrected chi connectivity index (χ0v) is 20.6. The molecule has 0 aliphatic carbocycles. The fourth-order valence-electron chi connectivity index (χ4n) is 3.39. The molecule has 3 aromatic rings. The van der Waals surface area contributed by atoms with E-state index >= 15 is 0 Å². The van der Waals surface area contributed by atoms with Crippen molar-refractivity contribution in [2.24, 2.45) is 5.73 Å². The summed E-state index contributed by atoms with van der Waals surface area (Å²) < 4.78 is 9.26. The maximum atomic E-state index is 13.9. The fourth-order valence-corrected chi connectivity index (χ4v) is 4.14. The lowest BCUT2D eigenvalue weighted by Gasteiger charge is -2.33. The van der Waals surface area contributed by atoms with Gasteiger partial charge in [-0.1, -0.05) is 18.2 Å². The van der Waals surface area contributed by atoms with E-state index in [1.807, 2.05) is 20.8 Å². The summed E-state index contributed by atoms with van der Waals surface area (Å²) in [6.45, 7) is 5.45. The molecule has 6 N–H and O–H groups in total. The molecule has 0 aliphatic heterocycles. The number of benzene rings is 2. The monoisotopic (exact) mass is 497 g/mol. The lowest BCUT2D eigenvalue weighted by Crippen LogP contribution is -2.49. The molecular formula is C24H27N5O5S. The van der Waals surface area contributed by atoms with Crippen LogP contribution in [-0.2, 0) is 4.79 Å². The third-order valence-corrected chi connectivity index (χ3v) is 5.77. The number of methoxy groups -OCH3 is 1. The third kappa shape index (κ3) is 5.69. The van der Waals surface area contributed by atoms with Gasteiger partial charge in [0.05, 0.1) is 12.8 Å². The molecule has 184 valence electrons. The van der Waals surface area contributed by atoms with Gasteiger partial charge in [0.1, 0.15) is 22.4 Å². The van der Waals surface area contributed by atoms with Crippen LogP contribution in [0.2, 0.25) is 0 Å². The lowest BCUT2D eigenvalue weighted by atomic mass is 10.00. The molecule has 11 heteroatoms. The topological polar surface area (TPSA) is 161 Å². The minimum atomic E-state index is -1.17. The number of phenols is 1. The molecule has 10 nitrogen and oxygen atoms in total. The minimum Gasteiger partial charge on any atom is -0.508 e. The van der Waals surface area contributed by atoms with E-state index in [9.17, 15) is 19.5 Å². The molecule has 1 aromatic heterocycles. The quantitative estimate of drug-likeness (QED) is 0.390. The number of phenolic OH excluding ortho intramolecular Hbond substituents is 1. The van der Waals surface area contributed by atoms with Crippen molar-refractivity contribution in [2.45, 2.75) is 32.4 Å². The van der Waals surface area contributed by atoms with Gasteiger partial charge in [-0.25, -0.2) is 0 Å². The van der Waals surface area contributed by atoms with E-state index in [2.05, 4.69) is 9.69 Å². The first-order chi connectivity index (χ1) is 16.4. The first kappa shape index (κ1) is 25.5.